The number of nitrogens with two attached hydrogens (primary N) is 1. The molecular weight excluding hydrogens is 333 g/mol. The number of aliphatic carboxylic acids is 1. The summed E-state index contributed by atoms with van der Waals surface area (Å²) in [6, 6.07) is 4.41. The van der Waals surface area contributed by atoms with Crippen molar-refractivity contribution in [3.05, 3.63) is 23.8 Å². The number of carboxylic acid groups (broad SMARTS) is 1. The molecule has 10 heteroatoms. The number of ether oxygens (including phenoxy) is 2. The van der Waals surface area contributed by atoms with Crippen molar-refractivity contribution in [1.29, 1.82) is 0 Å². The first-order valence-corrected chi connectivity index (χ1v) is 6.94. The topological polar surface area (TPSA) is 166 Å². The van der Waals surface area contributed by atoms with Gasteiger partial charge in [-0.1, -0.05) is 6.07 Å². The summed E-state index contributed by atoms with van der Waals surface area (Å²) in [7, 11) is 0. The molecule has 1 saturated heterocycles. The molecule has 5 atom stereocenters. The molecule has 1 aliphatic rings. The Hall–Kier alpha value is -0.910. The monoisotopic (exact) mass is 351 g/mol. The standard InChI is InChI=1S/C14H19NO8.Na/c15-4-3-6-1-2-7(16)8(5-6)22-14-11(19)9(17)10(18)12(23-14)13(20)21;/h1-2,5,9-12,14,16-19H,3-4,15H2,(H,20,21);/q;+1/p-1/t9?,10-,11?,12?,14-;/m1./s1. The zero-order valence-electron chi connectivity index (χ0n) is 13.0. The summed E-state index contributed by atoms with van der Waals surface area (Å²) in [6.45, 7) is 0.366. The molecule has 0 saturated carbocycles. The average molecular weight is 351 g/mol. The normalized spacial score (nSPS) is 29.6. The number of hydrogen-bond donors (Lipinski definition) is 5. The Morgan fingerprint density at radius 1 is 1.25 bits per heavy atom. The summed E-state index contributed by atoms with van der Waals surface area (Å²) in [5, 5.41) is 49.8. The first kappa shape index (κ1) is 21.1. The summed E-state index contributed by atoms with van der Waals surface area (Å²) in [5.41, 5.74) is 6.18. The van der Waals surface area contributed by atoms with Crippen LogP contribution in [0.2, 0.25) is 0 Å². The van der Waals surface area contributed by atoms with Gasteiger partial charge in [0.05, 0.1) is 5.97 Å². The van der Waals surface area contributed by atoms with Crippen molar-refractivity contribution in [3.63, 3.8) is 0 Å². The van der Waals surface area contributed by atoms with E-state index >= 15 is 0 Å². The molecule has 1 fully saturated rings. The van der Waals surface area contributed by atoms with E-state index in [1.165, 1.54) is 12.1 Å². The van der Waals surface area contributed by atoms with Gasteiger partial charge >= 0.3 is 29.6 Å². The molecule has 1 aromatic rings. The Morgan fingerprint density at radius 2 is 1.92 bits per heavy atom. The van der Waals surface area contributed by atoms with Gasteiger partial charge in [-0.3, -0.25) is 0 Å². The van der Waals surface area contributed by atoms with Gasteiger partial charge in [-0.2, -0.15) is 0 Å². The van der Waals surface area contributed by atoms with Gasteiger partial charge in [0, 0.05) is 0 Å². The van der Waals surface area contributed by atoms with E-state index in [0.717, 1.165) is 5.56 Å². The molecule has 9 nitrogen and oxygen atoms in total. The minimum absolute atomic E-state index is 0. The second-order valence-corrected chi connectivity index (χ2v) is 5.17. The molecule has 1 aromatic carbocycles. The zero-order valence-corrected chi connectivity index (χ0v) is 15.0. The Kier molecular flexibility index (Phi) is 7.90. The van der Waals surface area contributed by atoms with Crippen LogP contribution in [0.15, 0.2) is 18.2 Å². The fourth-order valence-corrected chi connectivity index (χ4v) is 2.24. The largest absolute Gasteiger partial charge is 1.00 e. The maximum atomic E-state index is 10.9. The number of carbonyl (C=O) groups is 1. The molecule has 24 heavy (non-hydrogen) atoms. The van der Waals surface area contributed by atoms with Crippen LogP contribution in [0.3, 0.4) is 0 Å². The smallest absolute Gasteiger partial charge is 0.547 e. The van der Waals surface area contributed by atoms with Gasteiger partial charge in [-0.05, 0) is 30.7 Å². The Balaban J connectivity index is 0.00000288. The first-order chi connectivity index (χ1) is 10.8. The molecule has 0 aliphatic carbocycles. The molecule has 0 amide bonds. The molecule has 2 rings (SSSR count). The van der Waals surface area contributed by atoms with E-state index in [1.54, 1.807) is 6.07 Å². The van der Waals surface area contributed by atoms with Crippen LogP contribution in [0.25, 0.3) is 0 Å². The van der Waals surface area contributed by atoms with Gasteiger partial charge in [0.2, 0.25) is 6.29 Å². The number of aromatic hydroxyl groups is 1. The van der Waals surface area contributed by atoms with Crippen molar-refractivity contribution in [2.24, 2.45) is 5.73 Å². The van der Waals surface area contributed by atoms with Crippen LogP contribution in [0.1, 0.15) is 5.56 Å². The minimum atomic E-state index is -1.88. The maximum Gasteiger partial charge on any atom is 1.00 e. The van der Waals surface area contributed by atoms with E-state index in [1.807, 2.05) is 0 Å². The second kappa shape index (κ2) is 8.97. The quantitative estimate of drug-likeness (QED) is 0.324. The molecule has 1 heterocycles. The number of rotatable bonds is 5. The van der Waals surface area contributed by atoms with Crippen molar-refractivity contribution >= 4 is 5.97 Å². The van der Waals surface area contributed by atoms with Crippen LogP contribution in [0.5, 0.6) is 11.5 Å². The molecule has 1 aliphatic heterocycles. The van der Waals surface area contributed by atoms with Crippen LogP contribution >= 0.6 is 0 Å². The number of carboxylic acids is 1. The molecule has 0 bridgehead atoms. The van der Waals surface area contributed by atoms with Crippen molar-refractivity contribution in [3.8, 4) is 11.5 Å². The number of phenolic OH excluding ortho intramolecular Hbond substituents is 1. The van der Waals surface area contributed by atoms with Crippen molar-refractivity contribution in [1.82, 2.24) is 0 Å². The zero-order chi connectivity index (χ0) is 17.1. The Labute approximate surface area is 159 Å². The van der Waals surface area contributed by atoms with E-state index in [2.05, 4.69) is 0 Å². The van der Waals surface area contributed by atoms with Gasteiger partial charge < -0.3 is 45.5 Å². The number of benzene rings is 1. The van der Waals surface area contributed by atoms with Gasteiger partial charge in [0.15, 0.2) is 11.5 Å². The van der Waals surface area contributed by atoms with Gasteiger partial charge in [-0.15, -0.1) is 0 Å². The predicted octanol–water partition coefficient (Wildman–Crippen LogP) is -6.17. The van der Waals surface area contributed by atoms with E-state index in [0.29, 0.717) is 13.0 Å². The van der Waals surface area contributed by atoms with E-state index in [9.17, 15) is 30.3 Å². The van der Waals surface area contributed by atoms with Crippen LogP contribution < -0.4 is 45.1 Å². The van der Waals surface area contributed by atoms with Gasteiger partial charge in [-0.25, -0.2) is 0 Å². The minimum Gasteiger partial charge on any atom is -0.547 e. The predicted molar refractivity (Wildman–Crippen MR) is 73.2 cm³/mol. The summed E-state index contributed by atoms with van der Waals surface area (Å²) in [4.78, 5) is 10.9. The Morgan fingerprint density at radius 3 is 2.50 bits per heavy atom. The van der Waals surface area contributed by atoms with Gasteiger partial charge in [0.1, 0.15) is 24.4 Å². The van der Waals surface area contributed by atoms with Crippen LogP contribution in [-0.4, -0.2) is 63.6 Å². The third-order valence-corrected chi connectivity index (χ3v) is 3.50. The van der Waals surface area contributed by atoms with Crippen molar-refractivity contribution in [2.75, 3.05) is 6.54 Å². The SMILES string of the molecule is NCCc1ccc(O)c(O[C@@H]2OC(C(=O)[O-])[C@H](O)C(O)C2O)c1.[Na+]. The average Bonchev–Trinajstić information content (AvgIpc) is 2.50. The number of hydrogen-bond acceptors (Lipinski definition) is 9. The summed E-state index contributed by atoms with van der Waals surface area (Å²) in [6.07, 6.45) is -8.40. The first-order valence-electron chi connectivity index (χ1n) is 6.94. The molecule has 0 aromatic heterocycles. The van der Waals surface area contributed by atoms with Crippen molar-refractivity contribution < 1.29 is 69.4 Å². The number of aliphatic hydroxyl groups excluding tert-OH is 3. The maximum absolute atomic E-state index is 10.9. The van der Waals surface area contributed by atoms with E-state index in [4.69, 9.17) is 15.2 Å². The molecule has 0 radical (unpaired) electrons. The third kappa shape index (κ3) is 4.58. The number of aliphatic hydroxyl groups is 3. The summed E-state index contributed by atoms with van der Waals surface area (Å²) in [5.74, 6) is -2.12. The van der Waals surface area contributed by atoms with Gasteiger partial charge in [0.25, 0.3) is 0 Å². The summed E-state index contributed by atoms with van der Waals surface area (Å²) >= 11 is 0. The van der Waals surface area contributed by atoms with E-state index in [-0.39, 0.29) is 41.1 Å². The van der Waals surface area contributed by atoms with Crippen LogP contribution in [-0.2, 0) is 16.0 Å². The Bertz CT molecular complexity index is 572. The molecule has 0 spiro atoms. The third-order valence-electron chi connectivity index (χ3n) is 3.50. The van der Waals surface area contributed by atoms with Crippen LogP contribution in [0, 0.1) is 0 Å². The fraction of sp³-hybridized carbons (Fsp3) is 0.500. The number of phenols is 1. The molecular formula is C14H18NNaO8. The van der Waals surface area contributed by atoms with E-state index < -0.39 is 36.7 Å². The molecule has 6 N–H and O–H groups in total. The molecule has 3 unspecified atom stereocenters. The molecule has 128 valence electrons. The fourth-order valence-electron chi connectivity index (χ4n) is 2.24. The second-order valence-electron chi connectivity index (χ2n) is 5.17. The summed E-state index contributed by atoms with van der Waals surface area (Å²) < 4.78 is 10.2. The van der Waals surface area contributed by atoms with Crippen LogP contribution in [0.4, 0.5) is 0 Å². The van der Waals surface area contributed by atoms with Crippen molar-refractivity contribution in [2.45, 2.75) is 37.1 Å². The number of carbonyl (C=O) groups excluding carboxylic acids is 1.